The van der Waals surface area contributed by atoms with Gasteiger partial charge in [-0.1, -0.05) is 75.6 Å². The molecule has 0 spiro atoms. The zero-order valence-corrected chi connectivity index (χ0v) is 20.7. The zero-order valence-electron chi connectivity index (χ0n) is 20.7. The lowest BCUT2D eigenvalue weighted by Gasteiger charge is -2.27. The Kier molecular flexibility index (Phi) is 6.50. The lowest BCUT2D eigenvalue weighted by Crippen LogP contribution is -2.11. The van der Waals surface area contributed by atoms with Crippen LogP contribution in [0.1, 0.15) is 124 Å². The van der Waals surface area contributed by atoms with Crippen LogP contribution in [0.25, 0.3) is 22.0 Å². The molecule has 3 saturated carbocycles. The first-order valence-electron chi connectivity index (χ1n) is 14.1. The minimum atomic E-state index is 0.647. The molecule has 0 atom stereocenters. The Morgan fingerprint density at radius 2 is 1.09 bits per heavy atom. The molecule has 3 aliphatic carbocycles. The molecule has 1 nitrogen and oxygen atoms in total. The fraction of sp³-hybridized carbons (Fsp3) is 0.531. The summed E-state index contributed by atoms with van der Waals surface area (Å²) in [5, 5.41) is 2.51. The molecule has 34 heavy (non-hydrogen) atoms. The van der Waals surface area contributed by atoms with Crippen LogP contribution in [0.2, 0.25) is 0 Å². The standard InChI is InChI=1S/C32H38BN/c33-31-21-28-17-25(22-13-7-8-14-22)15-16-30(28)32(34-31)29-19-26(23-9-3-1-4-10-23)18-27(20-29)24-11-5-2-6-12-24/h15-24H,1-14H2. The molecule has 0 bridgehead atoms. The number of aromatic nitrogens is 1. The van der Waals surface area contributed by atoms with Crippen molar-refractivity contribution in [2.45, 2.75) is 108 Å². The molecule has 174 valence electrons. The second-order valence-corrected chi connectivity index (χ2v) is 11.4. The van der Waals surface area contributed by atoms with Gasteiger partial charge in [-0.25, -0.2) is 0 Å². The number of rotatable bonds is 4. The summed E-state index contributed by atoms with van der Waals surface area (Å²) in [5.41, 5.74) is 7.61. The number of nitrogens with zero attached hydrogens (tertiary/aromatic N) is 1. The molecule has 0 unspecified atom stereocenters. The summed E-state index contributed by atoms with van der Waals surface area (Å²) >= 11 is 0. The predicted molar refractivity (Wildman–Crippen MR) is 145 cm³/mol. The van der Waals surface area contributed by atoms with Crippen molar-refractivity contribution in [2.75, 3.05) is 0 Å². The Bertz CT molecular complexity index is 1110. The van der Waals surface area contributed by atoms with E-state index in [0.717, 1.165) is 11.6 Å². The molecule has 2 heteroatoms. The summed E-state index contributed by atoms with van der Waals surface area (Å²) in [6.07, 6.45) is 19.0. The second kappa shape index (κ2) is 9.88. The van der Waals surface area contributed by atoms with Gasteiger partial charge in [0.1, 0.15) is 7.85 Å². The van der Waals surface area contributed by atoms with Crippen molar-refractivity contribution in [3.05, 3.63) is 59.2 Å². The third-order valence-corrected chi connectivity index (χ3v) is 9.11. The molecule has 0 N–H and O–H groups in total. The lowest BCUT2D eigenvalue weighted by atomic mass is 9.78. The molecule has 2 radical (unpaired) electrons. The molecule has 1 aromatic heterocycles. The first-order chi connectivity index (χ1) is 16.7. The molecule has 0 amide bonds. The molecule has 3 aliphatic rings. The van der Waals surface area contributed by atoms with Gasteiger partial charge in [0.25, 0.3) is 0 Å². The number of fused-ring (bicyclic) bond motifs is 1. The monoisotopic (exact) mass is 447 g/mol. The summed E-state index contributed by atoms with van der Waals surface area (Å²) in [5.74, 6) is 2.13. The summed E-state index contributed by atoms with van der Waals surface area (Å²) in [6.45, 7) is 0. The Labute approximate surface area is 207 Å². The van der Waals surface area contributed by atoms with Crippen LogP contribution in [-0.2, 0) is 0 Å². The van der Waals surface area contributed by atoms with E-state index in [-0.39, 0.29) is 0 Å². The third kappa shape index (κ3) is 4.58. The van der Waals surface area contributed by atoms with Crippen LogP contribution in [0, 0.1) is 0 Å². The van der Waals surface area contributed by atoms with Crippen LogP contribution >= 0.6 is 0 Å². The maximum Gasteiger partial charge on any atom is 0.141 e. The molecule has 1 heterocycles. The van der Waals surface area contributed by atoms with Gasteiger partial charge in [-0.2, -0.15) is 0 Å². The van der Waals surface area contributed by atoms with E-state index in [1.54, 1.807) is 11.1 Å². The van der Waals surface area contributed by atoms with Gasteiger partial charge < -0.3 is 0 Å². The maximum atomic E-state index is 6.42. The highest BCUT2D eigenvalue weighted by Crippen LogP contribution is 2.41. The topological polar surface area (TPSA) is 12.9 Å². The SMILES string of the molecule is [B]c1cc2cc(C3CCCC3)ccc2c(-c2cc(C3CCCCC3)cc(C3CCCCC3)c2)n1. The first kappa shape index (κ1) is 22.4. The summed E-state index contributed by atoms with van der Waals surface area (Å²) in [4.78, 5) is 4.95. The van der Waals surface area contributed by atoms with Gasteiger partial charge in [0.15, 0.2) is 0 Å². The summed E-state index contributed by atoms with van der Waals surface area (Å²) < 4.78 is 0. The van der Waals surface area contributed by atoms with Gasteiger partial charge in [-0.15, -0.1) is 0 Å². The molecular formula is C32H38BN. The van der Waals surface area contributed by atoms with Crippen LogP contribution in [0.15, 0.2) is 42.5 Å². The van der Waals surface area contributed by atoms with Crippen molar-refractivity contribution in [1.82, 2.24) is 4.98 Å². The number of pyridine rings is 1. The fourth-order valence-corrected chi connectivity index (χ4v) is 7.19. The first-order valence-corrected chi connectivity index (χ1v) is 14.1. The summed E-state index contributed by atoms with van der Waals surface area (Å²) in [6, 6.07) is 16.7. The van der Waals surface area contributed by atoms with Gasteiger partial charge in [-0.3, -0.25) is 4.98 Å². The molecule has 3 aromatic rings. The van der Waals surface area contributed by atoms with E-state index in [4.69, 9.17) is 12.8 Å². The molecule has 3 fully saturated rings. The largest absolute Gasteiger partial charge is 0.264 e. The minimum absolute atomic E-state index is 0.647. The van der Waals surface area contributed by atoms with Crippen LogP contribution in [-0.4, -0.2) is 12.8 Å². The predicted octanol–water partition coefficient (Wildman–Crippen LogP) is 8.45. The lowest BCUT2D eigenvalue weighted by molar-refractivity contribution is 0.435. The zero-order chi connectivity index (χ0) is 22.9. The van der Waals surface area contributed by atoms with Crippen molar-refractivity contribution >= 4 is 24.2 Å². The number of hydrogen-bond acceptors (Lipinski definition) is 1. The van der Waals surface area contributed by atoms with Crippen molar-refractivity contribution in [1.29, 1.82) is 0 Å². The molecule has 0 saturated heterocycles. The fourth-order valence-electron chi connectivity index (χ4n) is 7.19. The Morgan fingerprint density at radius 1 is 0.559 bits per heavy atom. The van der Waals surface area contributed by atoms with Crippen LogP contribution in [0.5, 0.6) is 0 Å². The van der Waals surface area contributed by atoms with Crippen molar-refractivity contribution in [3.63, 3.8) is 0 Å². The molecule has 2 aromatic carbocycles. The number of benzene rings is 2. The van der Waals surface area contributed by atoms with Gasteiger partial charge >= 0.3 is 0 Å². The third-order valence-electron chi connectivity index (χ3n) is 9.11. The molecule has 6 rings (SSSR count). The highest BCUT2D eigenvalue weighted by Gasteiger charge is 2.23. The van der Waals surface area contributed by atoms with Crippen molar-refractivity contribution in [2.24, 2.45) is 0 Å². The van der Waals surface area contributed by atoms with E-state index in [9.17, 15) is 0 Å². The Hall–Kier alpha value is -2.09. The smallest absolute Gasteiger partial charge is 0.141 e. The highest BCUT2D eigenvalue weighted by atomic mass is 14.7. The van der Waals surface area contributed by atoms with E-state index in [1.165, 1.54) is 112 Å². The van der Waals surface area contributed by atoms with Gasteiger partial charge in [0, 0.05) is 10.9 Å². The normalized spacial score (nSPS) is 20.8. The Morgan fingerprint density at radius 3 is 1.68 bits per heavy atom. The van der Waals surface area contributed by atoms with Gasteiger partial charge in [-0.05, 0) is 102 Å². The van der Waals surface area contributed by atoms with Crippen LogP contribution < -0.4 is 5.59 Å². The molecule has 0 aliphatic heterocycles. The maximum absolute atomic E-state index is 6.42. The average Bonchev–Trinajstić information content (AvgIpc) is 3.44. The Balaban J connectivity index is 1.46. The van der Waals surface area contributed by atoms with E-state index in [1.807, 2.05) is 0 Å². The summed E-state index contributed by atoms with van der Waals surface area (Å²) in [7, 11) is 6.42. The van der Waals surface area contributed by atoms with E-state index >= 15 is 0 Å². The van der Waals surface area contributed by atoms with E-state index < -0.39 is 0 Å². The van der Waals surface area contributed by atoms with E-state index in [2.05, 4.69) is 42.5 Å². The van der Waals surface area contributed by atoms with Gasteiger partial charge in [0.2, 0.25) is 0 Å². The second-order valence-electron chi connectivity index (χ2n) is 11.4. The average molecular weight is 447 g/mol. The van der Waals surface area contributed by atoms with Crippen molar-refractivity contribution < 1.29 is 0 Å². The number of hydrogen-bond donors (Lipinski definition) is 0. The van der Waals surface area contributed by atoms with Crippen LogP contribution in [0.4, 0.5) is 0 Å². The van der Waals surface area contributed by atoms with Gasteiger partial charge in [0.05, 0.1) is 5.69 Å². The highest BCUT2D eigenvalue weighted by molar-refractivity contribution is 6.32. The van der Waals surface area contributed by atoms with E-state index in [0.29, 0.717) is 17.4 Å². The minimum Gasteiger partial charge on any atom is -0.264 e. The quantitative estimate of drug-likeness (QED) is 0.366. The van der Waals surface area contributed by atoms with Crippen LogP contribution in [0.3, 0.4) is 0 Å². The molecular weight excluding hydrogens is 409 g/mol. The van der Waals surface area contributed by atoms with Crippen molar-refractivity contribution in [3.8, 4) is 11.3 Å².